The quantitative estimate of drug-likeness (QED) is 0.294. The fourth-order valence-corrected chi connectivity index (χ4v) is 3.40. The number of halogens is 1. The van der Waals surface area contributed by atoms with E-state index in [-0.39, 0.29) is 12.5 Å². The molecule has 1 aromatic carbocycles. The molecule has 0 bridgehead atoms. The molecule has 2 N–H and O–H groups in total. The van der Waals surface area contributed by atoms with Gasteiger partial charge in [-0.1, -0.05) is 43.4 Å². The van der Waals surface area contributed by atoms with Crippen molar-refractivity contribution in [2.45, 2.75) is 33.6 Å². The summed E-state index contributed by atoms with van der Waals surface area (Å²) in [5.41, 5.74) is 4.10. The van der Waals surface area contributed by atoms with E-state index in [4.69, 9.17) is 11.6 Å². The summed E-state index contributed by atoms with van der Waals surface area (Å²) in [6.45, 7) is 6.87. The molecular weight excluding hydrogens is 438 g/mol. The van der Waals surface area contributed by atoms with Crippen molar-refractivity contribution in [1.29, 1.82) is 0 Å². The number of pyridine rings is 1. The normalized spacial score (nSPS) is 9.85. The van der Waals surface area contributed by atoms with Crippen LogP contribution in [0, 0.1) is 18.8 Å². The van der Waals surface area contributed by atoms with Crippen molar-refractivity contribution in [3.8, 4) is 11.8 Å². The number of fused-ring (bicyclic) bond motifs is 1. The second-order valence-corrected chi connectivity index (χ2v) is 7.23. The van der Waals surface area contributed by atoms with Gasteiger partial charge in [-0.2, -0.15) is 0 Å². The van der Waals surface area contributed by atoms with Gasteiger partial charge in [0.05, 0.1) is 10.7 Å². The van der Waals surface area contributed by atoms with Crippen molar-refractivity contribution >= 4 is 40.9 Å². The van der Waals surface area contributed by atoms with E-state index in [1.54, 1.807) is 18.1 Å². The highest BCUT2D eigenvalue weighted by Gasteiger charge is 2.16. The predicted molar refractivity (Wildman–Crippen MR) is 135 cm³/mol. The molecule has 3 rings (SSSR count). The summed E-state index contributed by atoms with van der Waals surface area (Å²) in [5, 5.41) is 6.52. The van der Waals surface area contributed by atoms with E-state index in [9.17, 15) is 9.59 Å². The van der Waals surface area contributed by atoms with Crippen LogP contribution in [-0.2, 0) is 4.79 Å². The van der Waals surface area contributed by atoms with Crippen LogP contribution >= 0.6 is 11.6 Å². The van der Waals surface area contributed by atoms with Crippen LogP contribution in [0.15, 0.2) is 42.9 Å². The molecule has 0 saturated carbocycles. The average Bonchev–Trinajstić information content (AvgIpc) is 3.29. The van der Waals surface area contributed by atoms with Gasteiger partial charge in [0.25, 0.3) is 0 Å². The zero-order chi connectivity index (χ0) is 24.2. The summed E-state index contributed by atoms with van der Waals surface area (Å²) >= 11 is 6.30. The maximum absolute atomic E-state index is 12.2. The first-order valence-electron chi connectivity index (χ1n) is 10.9. The number of imidazole rings is 1. The van der Waals surface area contributed by atoms with E-state index in [0.29, 0.717) is 24.5 Å². The minimum atomic E-state index is -0.258. The van der Waals surface area contributed by atoms with Crippen LogP contribution in [0.2, 0.25) is 5.02 Å². The summed E-state index contributed by atoms with van der Waals surface area (Å²) in [6.07, 6.45) is 7.18. The van der Waals surface area contributed by atoms with Crippen molar-refractivity contribution in [3.05, 3.63) is 59.0 Å². The minimum absolute atomic E-state index is 0.258. The smallest absolute Gasteiger partial charge is 0.321 e. The van der Waals surface area contributed by atoms with Gasteiger partial charge in [0.15, 0.2) is 0 Å². The molecule has 0 atom stereocenters. The van der Waals surface area contributed by atoms with Crippen LogP contribution < -0.4 is 15.5 Å². The number of hydrogen-bond donors (Lipinski definition) is 2. The first kappa shape index (κ1) is 25.8. The number of carbonyl (C=O) groups is 2. The average molecular weight is 468 g/mol. The number of hydrogen-bond acceptors (Lipinski definition) is 4. The van der Waals surface area contributed by atoms with Crippen LogP contribution in [0.4, 0.5) is 16.2 Å². The molecule has 3 aromatic rings. The second-order valence-electron chi connectivity index (χ2n) is 6.82. The largest absolute Gasteiger partial charge is 0.382 e. The predicted octanol–water partition coefficient (Wildman–Crippen LogP) is 4.91. The molecule has 0 aliphatic heterocycles. The standard InChI is InChI=1S/C23H24ClN5O2.C2H6/c1-17-18(8-5-9-21(17)29(12-6-14-30)23(31)25-2)7-3-4-10-26-20-16-28-13-11-27-22(28)15-19(20)24;1-2/h5,8-9,11,13-16,26H,4,6,10,12H2,1-2H3,(H,25,31);1-2H3. The Morgan fingerprint density at radius 1 is 1.33 bits per heavy atom. The van der Waals surface area contributed by atoms with Crippen LogP contribution in [-0.4, -0.2) is 41.8 Å². The number of benzene rings is 1. The minimum Gasteiger partial charge on any atom is -0.382 e. The zero-order valence-corrected chi connectivity index (χ0v) is 20.2. The highest BCUT2D eigenvalue weighted by molar-refractivity contribution is 6.33. The van der Waals surface area contributed by atoms with Gasteiger partial charge in [0, 0.05) is 68.9 Å². The van der Waals surface area contributed by atoms with E-state index in [0.717, 1.165) is 34.4 Å². The lowest BCUT2D eigenvalue weighted by Gasteiger charge is -2.23. The number of anilines is 2. The Hall–Kier alpha value is -3.50. The molecule has 33 heavy (non-hydrogen) atoms. The van der Waals surface area contributed by atoms with E-state index in [1.807, 2.05) is 61.8 Å². The van der Waals surface area contributed by atoms with Crippen LogP contribution in [0.1, 0.15) is 37.8 Å². The van der Waals surface area contributed by atoms with Crippen molar-refractivity contribution in [1.82, 2.24) is 14.7 Å². The number of amides is 2. The Kier molecular flexibility index (Phi) is 10.3. The number of nitrogens with one attached hydrogen (secondary N) is 2. The topological polar surface area (TPSA) is 78.7 Å². The van der Waals surface area contributed by atoms with Crippen LogP contribution in [0.25, 0.3) is 5.65 Å². The molecule has 0 unspecified atom stereocenters. The van der Waals surface area contributed by atoms with Crippen LogP contribution in [0.3, 0.4) is 0 Å². The van der Waals surface area contributed by atoms with Crippen LogP contribution in [0.5, 0.6) is 0 Å². The first-order valence-corrected chi connectivity index (χ1v) is 11.3. The third-order valence-electron chi connectivity index (χ3n) is 4.79. The third kappa shape index (κ3) is 6.74. The van der Waals surface area contributed by atoms with Crippen molar-refractivity contribution in [2.75, 3.05) is 30.4 Å². The van der Waals surface area contributed by atoms with Gasteiger partial charge >= 0.3 is 6.03 Å². The molecule has 0 aliphatic rings. The Morgan fingerprint density at radius 3 is 2.85 bits per heavy atom. The Bertz CT molecular complexity index is 1150. The monoisotopic (exact) mass is 467 g/mol. The zero-order valence-electron chi connectivity index (χ0n) is 19.5. The molecule has 0 fully saturated rings. The van der Waals surface area contributed by atoms with Gasteiger partial charge in [0.1, 0.15) is 11.9 Å². The molecule has 0 saturated heterocycles. The van der Waals surface area contributed by atoms with E-state index in [2.05, 4.69) is 27.5 Å². The number of aldehydes is 1. The Balaban J connectivity index is 0.00000187. The van der Waals surface area contributed by atoms with Crippen molar-refractivity contribution in [3.63, 3.8) is 0 Å². The van der Waals surface area contributed by atoms with Gasteiger partial charge in [0.2, 0.25) is 0 Å². The van der Waals surface area contributed by atoms with E-state index < -0.39 is 0 Å². The molecule has 2 aromatic heterocycles. The first-order chi connectivity index (χ1) is 16.0. The molecule has 2 heterocycles. The highest BCUT2D eigenvalue weighted by atomic mass is 35.5. The molecule has 174 valence electrons. The SMILES string of the molecule is CC.CNC(=O)N(CCC=O)c1cccc(C#CCCNc2cn3ccnc3cc2Cl)c1C. The molecule has 0 radical (unpaired) electrons. The van der Waals surface area contributed by atoms with Gasteiger partial charge in [-0.05, 0) is 24.6 Å². The summed E-state index contributed by atoms with van der Waals surface area (Å²) in [6, 6.07) is 7.20. The summed E-state index contributed by atoms with van der Waals surface area (Å²) in [4.78, 5) is 28.8. The summed E-state index contributed by atoms with van der Waals surface area (Å²) in [7, 11) is 1.57. The Labute approximate surface area is 200 Å². The molecule has 2 amide bonds. The summed E-state index contributed by atoms with van der Waals surface area (Å²) in [5.74, 6) is 6.35. The lowest BCUT2D eigenvalue weighted by atomic mass is 10.1. The number of nitrogens with zero attached hydrogens (tertiary/aromatic N) is 3. The molecule has 0 aliphatic carbocycles. The van der Waals surface area contributed by atoms with Crippen molar-refractivity contribution in [2.24, 2.45) is 0 Å². The van der Waals surface area contributed by atoms with E-state index >= 15 is 0 Å². The fraction of sp³-hybridized carbons (Fsp3) is 0.320. The number of rotatable bonds is 7. The maximum atomic E-state index is 12.2. The lowest BCUT2D eigenvalue weighted by Crippen LogP contribution is -2.39. The highest BCUT2D eigenvalue weighted by Crippen LogP contribution is 2.24. The van der Waals surface area contributed by atoms with E-state index in [1.165, 1.54) is 0 Å². The number of urea groups is 1. The van der Waals surface area contributed by atoms with Gasteiger partial charge in [-0.15, -0.1) is 0 Å². The Morgan fingerprint density at radius 2 is 2.12 bits per heavy atom. The number of aromatic nitrogens is 2. The molecule has 0 spiro atoms. The second kappa shape index (κ2) is 13.1. The molecule has 7 nitrogen and oxygen atoms in total. The van der Waals surface area contributed by atoms with Gasteiger partial charge in [-0.3, -0.25) is 4.90 Å². The molecular formula is C25H30ClN5O2. The number of carbonyl (C=O) groups excluding carboxylic acids is 2. The molecule has 8 heteroatoms. The maximum Gasteiger partial charge on any atom is 0.321 e. The van der Waals surface area contributed by atoms with Gasteiger partial charge < -0.3 is 19.8 Å². The lowest BCUT2D eigenvalue weighted by molar-refractivity contribution is -0.107. The van der Waals surface area contributed by atoms with Crippen molar-refractivity contribution < 1.29 is 9.59 Å². The fourth-order valence-electron chi connectivity index (χ4n) is 3.18. The summed E-state index contributed by atoms with van der Waals surface area (Å²) < 4.78 is 1.90. The van der Waals surface area contributed by atoms with Gasteiger partial charge in [-0.25, -0.2) is 9.78 Å². The third-order valence-corrected chi connectivity index (χ3v) is 5.11.